The van der Waals surface area contributed by atoms with E-state index in [1.165, 1.54) is 12.1 Å². The van der Waals surface area contributed by atoms with Crippen LogP contribution >= 0.6 is 0 Å². The second-order valence-corrected chi connectivity index (χ2v) is 4.60. The van der Waals surface area contributed by atoms with E-state index in [0.717, 1.165) is 5.56 Å². The number of hydrogen-bond donors (Lipinski definition) is 2. The highest BCUT2D eigenvalue weighted by Crippen LogP contribution is 2.27. The van der Waals surface area contributed by atoms with E-state index in [1.54, 1.807) is 25.5 Å². The van der Waals surface area contributed by atoms with Gasteiger partial charge in [0.05, 0.1) is 31.2 Å². The molecule has 0 amide bonds. The van der Waals surface area contributed by atoms with Crippen molar-refractivity contribution in [2.24, 2.45) is 5.10 Å². The van der Waals surface area contributed by atoms with Crippen LogP contribution in [0.15, 0.2) is 47.6 Å². The van der Waals surface area contributed by atoms with Crippen molar-refractivity contribution in [2.45, 2.75) is 6.92 Å². The number of anilines is 1. The number of methoxy groups -OCH3 is 1. The molecule has 23 heavy (non-hydrogen) atoms. The zero-order chi connectivity index (χ0) is 16.7. The van der Waals surface area contributed by atoms with Gasteiger partial charge < -0.3 is 14.6 Å². The molecule has 0 spiro atoms. The van der Waals surface area contributed by atoms with Crippen molar-refractivity contribution in [3.8, 4) is 11.5 Å². The Morgan fingerprint density at radius 3 is 2.57 bits per heavy atom. The predicted octanol–water partition coefficient (Wildman–Crippen LogP) is 3.24. The number of hydrogen-bond acceptors (Lipinski definition) is 5. The highest BCUT2D eigenvalue weighted by atomic mass is 16.5. The van der Waals surface area contributed by atoms with Crippen LogP contribution in [0.2, 0.25) is 0 Å². The third kappa shape index (κ3) is 4.47. The zero-order valence-electron chi connectivity index (χ0n) is 12.9. The summed E-state index contributed by atoms with van der Waals surface area (Å²) < 4.78 is 10.7. The number of ether oxygens (including phenoxy) is 2. The van der Waals surface area contributed by atoms with E-state index >= 15 is 0 Å². The molecule has 0 aliphatic heterocycles. The van der Waals surface area contributed by atoms with Gasteiger partial charge in [-0.3, -0.25) is 5.43 Å². The van der Waals surface area contributed by atoms with E-state index in [2.05, 4.69) is 10.5 Å². The molecular weight excluding hydrogens is 296 g/mol. The summed E-state index contributed by atoms with van der Waals surface area (Å²) in [5.74, 6) is 0.368. The van der Waals surface area contributed by atoms with Crippen LogP contribution in [0.3, 0.4) is 0 Å². The Morgan fingerprint density at radius 2 is 1.96 bits per heavy atom. The molecule has 0 saturated heterocycles. The molecule has 0 heterocycles. The van der Waals surface area contributed by atoms with Gasteiger partial charge in [0.2, 0.25) is 0 Å². The summed E-state index contributed by atoms with van der Waals surface area (Å²) in [5.41, 5.74) is 4.63. The molecule has 0 aromatic heterocycles. The third-order valence-corrected chi connectivity index (χ3v) is 3.03. The van der Waals surface area contributed by atoms with Gasteiger partial charge in [-0.05, 0) is 55.0 Å². The topological polar surface area (TPSA) is 80.2 Å². The minimum atomic E-state index is -0.957. The van der Waals surface area contributed by atoms with E-state index in [4.69, 9.17) is 14.6 Å². The number of benzene rings is 2. The normalized spacial score (nSPS) is 10.5. The number of carbonyl (C=O) groups is 1. The second-order valence-electron chi connectivity index (χ2n) is 4.60. The maximum atomic E-state index is 10.8. The van der Waals surface area contributed by atoms with Gasteiger partial charge in [0.1, 0.15) is 0 Å². The lowest BCUT2D eigenvalue weighted by molar-refractivity contribution is 0.0697. The molecule has 0 radical (unpaired) electrons. The lowest BCUT2D eigenvalue weighted by atomic mass is 10.2. The molecule has 0 aliphatic carbocycles. The van der Waals surface area contributed by atoms with Gasteiger partial charge in [0, 0.05) is 0 Å². The van der Waals surface area contributed by atoms with Crippen LogP contribution in [0.25, 0.3) is 0 Å². The number of rotatable bonds is 7. The molecule has 2 N–H and O–H groups in total. The fourth-order valence-corrected chi connectivity index (χ4v) is 1.91. The van der Waals surface area contributed by atoms with Crippen molar-refractivity contribution in [3.63, 3.8) is 0 Å². The Morgan fingerprint density at radius 1 is 1.22 bits per heavy atom. The van der Waals surface area contributed by atoms with Crippen molar-refractivity contribution in [3.05, 3.63) is 53.6 Å². The summed E-state index contributed by atoms with van der Waals surface area (Å²) >= 11 is 0. The van der Waals surface area contributed by atoms with Gasteiger partial charge in [-0.25, -0.2) is 4.79 Å². The first kappa shape index (κ1) is 16.4. The summed E-state index contributed by atoms with van der Waals surface area (Å²) in [7, 11) is 1.59. The predicted molar refractivity (Wildman–Crippen MR) is 88.8 cm³/mol. The SMILES string of the molecule is CCOc1cc(C=NNc2ccc(C(=O)O)cc2)ccc1OC. The molecule has 0 fully saturated rings. The Kier molecular flexibility index (Phi) is 5.57. The van der Waals surface area contributed by atoms with E-state index < -0.39 is 5.97 Å². The highest BCUT2D eigenvalue weighted by Gasteiger charge is 2.04. The van der Waals surface area contributed by atoms with E-state index in [9.17, 15) is 4.79 Å². The molecule has 120 valence electrons. The summed E-state index contributed by atoms with van der Waals surface area (Å²) in [6.45, 7) is 2.45. The fraction of sp³-hybridized carbons (Fsp3) is 0.176. The average molecular weight is 314 g/mol. The molecule has 0 atom stereocenters. The maximum absolute atomic E-state index is 10.8. The van der Waals surface area contributed by atoms with E-state index in [0.29, 0.717) is 23.8 Å². The highest BCUT2D eigenvalue weighted by molar-refractivity contribution is 5.88. The second kappa shape index (κ2) is 7.84. The van der Waals surface area contributed by atoms with Crippen LogP contribution in [-0.2, 0) is 0 Å². The first-order valence-corrected chi connectivity index (χ1v) is 7.07. The van der Waals surface area contributed by atoms with Crippen molar-refractivity contribution in [1.29, 1.82) is 0 Å². The molecule has 6 heteroatoms. The number of carboxylic acid groups (broad SMARTS) is 1. The van der Waals surface area contributed by atoms with E-state index in [-0.39, 0.29) is 5.56 Å². The molecule has 2 rings (SSSR count). The number of nitrogens with one attached hydrogen (secondary N) is 1. The van der Waals surface area contributed by atoms with Gasteiger partial charge in [-0.15, -0.1) is 0 Å². The molecular formula is C17H18N2O4. The van der Waals surface area contributed by atoms with Crippen LogP contribution in [0.4, 0.5) is 5.69 Å². The quantitative estimate of drug-likeness (QED) is 0.606. The minimum Gasteiger partial charge on any atom is -0.493 e. The van der Waals surface area contributed by atoms with Crippen molar-refractivity contribution in [2.75, 3.05) is 19.1 Å². The van der Waals surface area contributed by atoms with Gasteiger partial charge in [0.15, 0.2) is 11.5 Å². The van der Waals surface area contributed by atoms with Crippen molar-refractivity contribution < 1.29 is 19.4 Å². The average Bonchev–Trinajstić information content (AvgIpc) is 2.56. The van der Waals surface area contributed by atoms with Gasteiger partial charge in [-0.2, -0.15) is 5.10 Å². The van der Waals surface area contributed by atoms with Crippen LogP contribution in [0, 0.1) is 0 Å². The zero-order valence-corrected chi connectivity index (χ0v) is 12.9. The Labute approximate surface area is 134 Å². The maximum Gasteiger partial charge on any atom is 0.335 e. The van der Waals surface area contributed by atoms with Crippen molar-refractivity contribution in [1.82, 2.24) is 0 Å². The van der Waals surface area contributed by atoms with Gasteiger partial charge in [-0.1, -0.05) is 0 Å². The monoisotopic (exact) mass is 314 g/mol. The van der Waals surface area contributed by atoms with Crippen LogP contribution in [-0.4, -0.2) is 31.0 Å². The van der Waals surface area contributed by atoms with Crippen LogP contribution in [0.5, 0.6) is 11.5 Å². The Hall–Kier alpha value is -3.02. The standard InChI is InChI=1S/C17H18N2O4/c1-3-23-16-10-12(4-9-15(16)22-2)11-18-19-14-7-5-13(6-8-14)17(20)21/h4-11,19H,3H2,1-2H3,(H,20,21). The Balaban J connectivity index is 2.05. The molecule has 0 bridgehead atoms. The number of hydrazone groups is 1. The molecule has 0 unspecified atom stereocenters. The van der Waals surface area contributed by atoms with Gasteiger partial charge >= 0.3 is 5.97 Å². The lowest BCUT2D eigenvalue weighted by Crippen LogP contribution is -1.98. The van der Waals surface area contributed by atoms with E-state index in [1.807, 2.05) is 25.1 Å². The number of carboxylic acids is 1. The molecule has 0 aliphatic rings. The minimum absolute atomic E-state index is 0.232. The third-order valence-electron chi connectivity index (χ3n) is 3.03. The first-order chi connectivity index (χ1) is 11.1. The number of nitrogens with zero attached hydrogens (tertiary/aromatic N) is 1. The van der Waals surface area contributed by atoms with Crippen molar-refractivity contribution >= 4 is 17.9 Å². The first-order valence-electron chi connectivity index (χ1n) is 7.07. The smallest absolute Gasteiger partial charge is 0.335 e. The summed E-state index contributed by atoms with van der Waals surface area (Å²) in [5, 5.41) is 13.0. The molecule has 2 aromatic rings. The summed E-state index contributed by atoms with van der Waals surface area (Å²) in [4.78, 5) is 10.8. The molecule has 0 saturated carbocycles. The summed E-state index contributed by atoms with van der Waals surface area (Å²) in [6, 6.07) is 11.8. The Bertz CT molecular complexity index is 696. The molecule has 6 nitrogen and oxygen atoms in total. The fourth-order valence-electron chi connectivity index (χ4n) is 1.91. The largest absolute Gasteiger partial charge is 0.493 e. The van der Waals surface area contributed by atoms with Crippen LogP contribution in [0.1, 0.15) is 22.8 Å². The molecule has 2 aromatic carbocycles. The van der Waals surface area contributed by atoms with Gasteiger partial charge in [0.25, 0.3) is 0 Å². The van der Waals surface area contributed by atoms with Crippen LogP contribution < -0.4 is 14.9 Å². The summed E-state index contributed by atoms with van der Waals surface area (Å²) in [6.07, 6.45) is 1.65. The lowest BCUT2D eigenvalue weighted by Gasteiger charge is -2.09. The number of aromatic carboxylic acids is 1.